The maximum absolute atomic E-state index is 13.9. The quantitative estimate of drug-likeness (QED) is 0.128. The Morgan fingerprint density at radius 2 is 1.62 bits per heavy atom. The fourth-order valence-corrected chi connectivity index (χ4v) is 6.37. The predicted octanol–water partition coefficient (Wildman–Crippen LogP) is 6.29. The van der Waals surface area contributed by atoms with E-state index in [1.54, 1.807) is 4.57 Å². The minimum atomic E-state index is -0.198. The van der Waals surface area contributed by atoms with E-state index < -0.39 is 0 Å². The van der Waals surface area contributed by atoms with Crippen molar-refractivity contribution in [3.8, 4) is 11.4 Å². The summed E-state index contributed by atoms with van der Waals surface area (Å²) >= 11 is 8.20. The van der Waals surface area contributed by atoms with E-state index >= 15 is 0 Å². The topological polar surface area (TPSA) is 68.9 Å². The average Bonchev–Trinajstić information content (AvgIpc) is 3.29. The first-order valence-electron chi connectivity index (χ1n) is 12.7. The molecule has 0 saturated carbocycles. The molecule has 2 aromatic heterocycles. The van der Waals surface area contributed by atoms with Crippen LogP contribution in [-0.4, -0.2) is 32.3 Å². The first-order valence-corrected chi connectivity index (χ1v) is 14.9. The minimum Gasteiger partial charge on any atom is -0.355 e. The average molecular weight is 573 g/mol. The summed E-state index contributed by atoms with van der Waals surface area (Å²) in [6.45, 7) is 4.65. The summed E-state index contributed by atoms with van der Waals surface area (Å²) in [7, 11) is 0. The van der Waals surface area contributed by atoms with Gasteiger partial charge < -0.3 is 5.32 Å². The van der Waals surface area contributed by atoms with Gasteiger partial charge in [0.2, 0.25) is 5.91 Å². The number of carbonyl (C=O) groups is 1. The Labute approximate surface area is 240 Å². The lowest BCUT2D eigenvalue weighted by molar-refractivity contribution is -0.118. The molecule has 1 N–H and O–H groups in total. The number of amides is 1. The van der Waals surface area contributed by atoms with Crippen molar-refractivity contribution in [2.75, 3.05) is 12.3 Å². The summed E-state index contributed by atoms with van der Waals surface area (Å²) in [6.07, 6.45) is 1.69. The van der Waals surface area contributed by atoms with Gasteiger partial charge in [-0.1, -0.05) is 90.2 Å². The Hall–Kier alpha value is -3.53. The van der Waals surface area contributed by atoms with Crippen LogP contribution in [0.3, 0.4) is 0 Å². The molecule has 39 heavy (non-hydrogen) atoms. The van der Waals surface area contributed by atoms with Crippen LogP contribution >= 0.6 is 35.3 Å². The van der Waals surface area contributed by atoms with E-state index in [0.29, 0.717) is 31.7 Å². The van der Waals surface area contributed by atoms with Gasteiger partial charge in [0.1, 0.15) is 4.70 Å². The first kappa shape index (κ1) is 27.1. The van der Waals surface area contributed by atoms with Crippen LogP contribution in [0.2, 0.25) is 0 Å². The number of rotatable bonds is 9. The highest BCUT2D eigenvalue weighted by atomic mass is 32.2. The van der Waals surface area contributed by atoms with Crippen LogP contribution in [0.1, 0.15) is 23.6 Å². The molecule has 5 aromatic rings. The number of hydrogen-bond donors (Lipinski definition) is 1. The van der Waals surface area contributed by atoms with E-state index in [0.717, 1.165) is 24.1 Å². The van der Waals surface area contributed by atoms with Crippen molar-refractivity contribution in [2.24, 2.45) is 0 Å². The van der Waals surface area contributed by atoms with Crippen molar-refractivity contribution in [1.82, 2.24) is 19.4 Å². The Balaban J connectivity index is 1.49. The molecule has 2 heterocycles. The summed E-state index contributed by atoms with van der Waals surface area (Å²) in [5.74, 6) is 0.0207. The molecule has 3 aromatic carbocycles. The largest absolute Gasteiger partial charge is 0.355 e. The van der Waals surface area contributed by atoms with E-state index in [-0.39, 0.29) is 17.2 Å². The van der Waals surface area contributed by atoms with Gasteiger partial charge in [0.05, 0.1) is 11.4 Å². The molecule has 0 aliphatic heterocycles. The number of aromatic nitrogens is 3. The van der Waals surface area contributed by atoms with Crippen molar-refractivity contribution in [3.63, 3.8) is 0 Å². The number of carbonyl (C=O) groups excluding carboxylic acids is 1. The first-order chi connectivity index (χ1) is 18.9. The Kier molecular flexibility index (Phi) is 8.40. The molecule has 5 rings (SSSR count). The fraction of sp³-hybridized carbons (Fsp3) is 0.200. The SMILES string of the molecule is CCc1ccc(-n2c(=S)sc3c(=O)n(-c4ccc(C)cc4)c(SCC(=O)NCCc4ccccc4)nc32)cc1. The van der Waals surface area contributed by atoms with Gasteiger partial charge in [0.25, 0.3) is 5.56 Å². The number of fused-ring (bicyclic) bond motifs is 1. The third-order valence-electron chi connectivity index (χ3n) is 6.38. The molecule has 0 radical (unpaired) electrons. The van der Waals surface area contributed by atoms with Crippen molar-refractivity contribution in [1.29, 1.82) is 0 Å². The maximum atomic E-state index is 13.9. The molecule has 6 nitrogen and oxygen atoms in total. The molecule has 0 fully saturated rings. The number of nitrogens with one attached hydrogen (secondary N) is 1. The highest BCUT2D eigenvalue weighted by molar-refractivity contribution is 7.99. The van der Waals surface area contributed by atoms with E-state index in [9.17, 15) is 9.59 Å². The minimum absolute atomic E-state index is 0.113. The van der Waals surface area contributed by atoms with Crippen molar-refractivity contribution < 1.29 is 4.79 Å². The second-order valence-electron chi connectivity index (χ2n) is 9.12. The van der Waals surface area contributed by atoms with E-state index in [2.05, 4.69) is 24.4 Å². The highest BCUT2D eigenvalue weighted by Gasteiger charge is 2.20. The van der Waals surface area contributed by atoms with Crippen molar-refractivity contribution >= 4 is 51.6 Å². The molecular formula is C30H28N4O2S3. The molecule has 0 unspecified atom stereocenters. The van der Waals surface area contributed by atoms with Crippen LogP contribution in [0.15, 0.2) is 88.8 Å². The molecule has 198 valence electrons. The number of thiazole rings is 1. The molecule has 0 spiro atoms. The van der Waals surface area contributed by atoms with Gasteiger partial charge in [-0.05, 0) is 67.4 Å². The van der Waals surface area contributed by atoms with Gasteiger partial charge in [-0.25, -0.2) is 4.98 Å². The second kappa shape index (κ2) is 12.1. The van der Waals surface area contributed by atoms with Gasteiger partial charge in [-0.15, -0.1) is 0 Å². The monoisotopic (exact) mass is 572 g/mol. The molecular weight excluding hydrogens is 545 g/mol. The lowest BCUT2D eigenvalue weighted by Gasteiger charge is -2.13. The van der Waals surface area contributed by atoms with E-state index in [1.165, 1.54) is 34.2 Å². The molecule has 0 aliphatic carbocycles. The number of thioether (sulfide) groups is 1. The molecule has 0 saturated heterocycles. The fourth-order valence-electron chi connectivity index (χ4n) is 4.23. The zero-order valence-electron chi connectivity index (χ0n) is 21.7. The number of nitrogens with zero attached hydrogens (tertiary/aromatic N) is 3. The van der Waals surface area contributed by atoms with Crippen LogP contribution in [0, 0.1) is 10.9 Å². The smallest absolute Gasteiger partial charge is 0.278 e. The van der Waals surface area contributed by atoms with Crippen LogP contribution in [0.5, 0.6) is 0 Å². The van der Waals surface area contributed by atoms with Gasteiger partial charge in [0.15, 0.2) is 14.8 Å². The summed E-state index contributed by atoms with van der Waals surface area (Å²) in [5.41, 5.74) is 5.34. The summed E-state index contributed by atoms with van der Waals surface area (Å²) in [6, 6.07) is 25.9. The molecule has 1 amide bonds. The Bertz CT molecular complexity index is 1720. The van der Waals surface area contributed by atoms with Gasteiger partial charge in [-0.3, -0.25) is 18.7 Å². The zero-order valence-corrected chi connectivity index (χ0v) is 24.2. The third kappa shape index (κ3) is 6.06. The zero-order chi connectivity index (χ0) is 27.4. The van der Waals surface area contributed by atoms with Crippen LogP contribution < -0.4 is 10.9 Å². The van der Waals surface area contributed by atoms with Gasteiger partial charge in [0, 0.05) is 12.2 Å². The summed E-state index contributed by atoms with van der Waals surface area (Å²) in [5, 5.41) is 3.42. The Morgan fingerprint density at radius 1 is 0.949 bits per heavy atom. The van der Waals surface area contributed by atoms with Crippen LogP contribution in [0.4, 0.5) is 0 Å². The van der Waals surface area contributed by atoms with Crippen LogP contribution in [0.25, 0.3) is 21.7 Å². The third-order valence-corrected chi connectivity index (χ3v) is 8.67. The predicted molar refractivity (Wildman–Crippen MR) is 163 cm³/mol. The lowest BCUT2D eigenvalue weighted by atomic mass is 10.1. The van der Waals surface area contributed by atoms with E-state index in [4.69, 9.17) is 17.2 Å². The maximum Gasteiger partial charge on any atom is 0.278 e. The standard InChI is InChI=1S/C30H28N4O2S3/c1-3-21-11-15-23(16-12-21)33-27-26(39-30(33)37)28(36)34(24-13-9-20(2)10-14-24)29(32-27)38-19-25(35)31-18-17-22-7-5-4-6-8-22/h4-16H,3,17-19H2,1-2H3,(H,31,35). The van der Waals surface area contributed by atoms with E-state index in [1.807, 2.05) is 78.2 Å². The molecule has 0 bridgehead atoms. The molecule has 9 heteroatoms. The summed E-state index contributed by atoms with van der Waals surface area (Å²) < 4.78 is 4.46. The van der Waals surface area contributed by atoms with Gasteiger partial charge in [-0.2, -0.15) is 0 Å². The number of hydrogen-bond acceptors (Lipinski definition) is 6. The summed E-state index contributed by atoms with van der Waals surface area (Å²) in [4.78, 5) is 31.5. The molecule has 0 aliphatic rings. The lowest BCUT2D eigenvalue weighted by Crippen LogP contribution is -2.28. The van der Waals surface area contributed by atoms with Gasteiger partial charge >= 0.3 is 0 Å². The highest BCUT2D eigenvalue weighted by Crippen LogP contribution is 2.27. The Morgan fingerprint density at radius 3 is 2.31 bits per heavy atom. The van der Waals surface area contributed by atoms with Crippen molar-refractivity contribution in [3.05, 3.63) is 110 Å². The van der Waals surface area contributed by atoms with Crippen LogP contribution in [-0.2, 0) is 17.6 Å². The molecule has 0 atom stereocenters. The number of aryl methyl sites for hydroxylation is 2. The normalized spacial score (nSPS) is 11.1. The second-order valence-corrected chi connectivity index (χ2v) is 11.7. The van der Waals surface area contributed by atoms with Crippen molar-refractivity contribution in [2.45, 2.75) is 31.8 Å². The number of benzene rings is 3.